The molecule has 110 valence electrons. The minimum atomic E-state index is -4.67. The fourth-order valence-corrected chi connectivity index (χ4v) is 1.85. The van der Waals surface area contributed by atoms with Gasteiger partial charge in [-0.05, 0) is 12.1 Å². The van der Waals surface area contributed by atoms with E-state index in [1.165, 1.54) is 7.05 Å². The molecule has 0 bridgehead atoms. The third kappa shape index (κ3) is 2.79. The number of likely N-dealkylation sites (N-methyl/N-ethyl adjacent to an activating group) is 1. The molecule has 9 heteroatoms. The first-order valence-electron chi connectivity index (χ1n) is 5.79. The molecule has 1 aromatic rings. The maximum atomic E-state index is 12.6. The Bertz CT molecular complexity index is 651. The number of carbonyl (C=O) groups excluding carboxylic acids is 2. The van der Waals surface area contributed by atoms with E-state index in [1.807, 2.05) is 0 Å². The third-order valence-electron chi connectivity index (χ3n) is 3.00. The Labute approximate surface area is 117 Å². The van der Waals surface area contributed by atoms with Crippen LogP contribution in [0.2, 0.25) is 0 Å². The second-order valence-corrected chi connectivity index (χ2v) is 4.39. The number of hydrogen-bond acceptors (Lipinski definition) is 5. The van der Waals surface area contributed by atoms with E-state index in [9.17, 15) is 22.8 Å². The van der Waals surface area contributed by atoms with E-state index < -0.39 is 29.7 Å². The van der Waals surface area contributed by atoms with Crippen molar-refractivity contribution in [3.8, 4) is 6.07 Å². The van der Waals surface area contributed by atoms with Crippen LogP contribution < -0.4 is 5.32 Å². The zero-order chi connectivity index (χ0) is 15.8. The van der Waals surface area contributed by atoms with Crippen molar-refractivity contribution in [1.29, 1.82) is 5.26 Å². The second-order valence-electron chi connectivity index (χ2n) is 4.39. The van der Waals surface area contributed by atoms with Crippen LogP contribution in [0.4, 0.5) is 19.0 Å². The van der Waals surface area contributed by atoms with Gasteiger partial charge < -0.3 is 5.32 Å². The summed E-state index contributed by atoms with van der Waals surface area (Å²) in [7, 11) is 1.27. The van der Waals surface area contributed by atoms with Crippen LogP contribution in [0.3, 0.4) is 0 Å². The zero-order valence-corrected chi connectivity index (χ0v) is 10.7. The quantitative estimate of drug-likeness (QED) is 0.827. The van der Waals surface area contributed by atoms with Crippen LogP contribution in [-0.2, 0) is 15.8 Å². The number of nitrogens with one attached hydrogen (secondary N) is 1. The van der Waals surface area contributed by atoms with E-state index in [-0.39, 0.29) is 17.8 Å². The van der Waals surface area contributed by atoms with Gasteiger partial charge in [0.05, 0.1) is 12.0 Å². The van der Waals surface area contributed by atoms with E-state index in [0.717, 1.165) is 11.0 Å². The standard InChI is InChI=1S/C12H9F3N4O2/c1-19-9(20)4-7(11(19)21)17-10-6(5-16)2-3-8(18-10)12(13,14)15/h2-3,7H,4H2,1H3,(H,17,18). The summed E-state index contributed by atoms with van der Waals surface area (Å²) in [5.74, 6) is -1.40. The lowest BCUT2D eigenvalue weighted by Gasteiger charge is -2.14. The summed E-state index contributed by atoms with van der Waals surface area (Å²) in [6, 6.07) is 2.30. The Morgan fingerprint density at radius 2 is 2.10 bits per heavy atom. The lowest BCUT2D eigenvalue weighted by molar-refractivity contribution is -0.141. The van der Waals surface area contributed by atoms with Crippen molar-refractivity contribution in [2.75, 3.05) is 12.4 Å². The number of anilines is 1. The lowest BCUT2D eigenvalue weighted by Crippen LogP contribution is -2.32. The highest BCUT2D eigenvalue weighted by Crippen LogP contribution is 2.30. The van der Waals surface area contributed by atoms with E-state index in [0.29, 0.717) is 6.07 Å². The minimum absolute atomic E-state index is 0.141. The van der Waals surface area contributed by atoms with Crippen LogP contribution in [0.25, 0.3) is 0 Å². The first-order chi connectivity index (χ1) is 9.74. The average Bonchev–Trinajstić information content (AvgIpc) is 2.65. The van der Waals surface area contributed by atoms with Gasteiger partial charge in [-0.2, -0.15) is 18.4 Å². The molecule has 1 saturated heterocycles. The maximum Gasteiger partial charge on any atom is 0.433 e. The van der Waals surface area contributed by atoms with Gasteiger partial charge in [0.25, 0.3) is 5.91 Å². The molecule has 2 heterocycles. The number of rotatable bonds is 2. The van der Waals surface area contributed by atoms with Crippen molar-refractivity contribution in [2.24, 2.45) is 0 Å². The van der Waals surface area contributed by atoms with Crippen LogP contribution >= 0.6 is 0 Å². The third-order valence-corrected chi connectivity index (χ3v) is 3.00. The number of nitrogens with zero attached hydrogens (tertiary/aromatic N) is 3. The van der Waals surface area contributed by atoms with Crippen LogP contribution in [-0.4, -0.2) is 34.8 Å². The van der Waals surface area contributed by atoms with Crippen molar-refractivity contribution >= 4 is 17.6 Å². The Morgan fingerprint density at radius 3 is 2.57 bits per heavy atom. The van der Waals surface area contributed by atoms with Gasteiger partial charge in [0.1, 0.15) is 23.6 Å². The molecule has 2 amide bonds. The largest absolute Gasteiger partial charge is 0.433 e. The van der Waals surface area contributed by atoms with Gasteiger partial charge in [0.15, 0.2) is 0 Å². The monoisotopic (exact) mass is 298 g/mol. The fraction of sp³-hybridized carbons (Fsp3) is 0.333. The van der Waals surface area contributed by atoms with Crippen molar-refractivity contribution in [2.45, 2.75) is 18.6 Å². The van der Waals surface area contributed by atoms with Gasteiger partial charge in [-0.3, -0.25) is 14.5 Å². The van der Waals surface area contributed by atoms with Crippen LogP contribution in [0, 0.1) is 11.3 Å². The van der Waals surface area contributed by atoms with Gasteiger partial charge in [-0.1, -0.05) is 0 Å². The summed E-state index contributed by atoms with van der Waals surface area (Å²) in [5.41, 5.74) is -1.33. The Hall–Kier alpha value is -2.63. The summed E-state index contributed by atoms with van der Waals surface area (Å²) in [5, 5.41) is 11.3. The lowest BCUT2D eigenvalue weighted by atomic mass is 10.2. The molecule has 1 fully saturated rings. The zero-order valence-electron chi connectivity index (χ0n) is 10.7. The van der Waals surface area contributed by atoms with Crippen molar-refractivity contribution in [1.82, 2.24) is 9.88 Å². The summed E-state index contributed by atoms with van der Waals surface area (Å²) in [6.45, 7) is 0. The molecule has 0 radical (unpaired) electrons. The molecule has 1 atom stereocenters. The van der Waals surface area contributed by atoms with Gasteiger partial charge in [-0.25, -0.2) is 4.98 Å². The topological polar surface area (TPSA) is 86.1 Å². The number of hydrogen-bond donors (Lipinski definition) is 1. The molecular weight excluding hydrogens is 289 g/mol. The number of amides is 2. The smallest absolute Gasteiger partial charge is 0.357 e. The summed E-state index contributed by atoms with van der Waals surface area (Å²) in [6.07, 6.45) is -4.87. The fourth-order valence-electron chi connectivity index (χ4n) is 1.85. The van der Waals surface area contributed by atoms with Crippen molar-refractivity contribution in [3.05, 3.63) is 23.4 Å². The molecule has 2 rings (SSSR count). The first-order valence-corrected chi connectivity index (χ1v) is 5.79. The minimum Gasteiger partial charge on any atom is -0.357 e. The predicted molar refractivity (Wildman–Crippen MR) is 63.8 cm³/mol. The van der Waals surface area contributed by atoms with Gasteiger partial charge in [0, 0.05) is 7.05 Å². The number of imide groups is 1. The number of pyridine rings is 1. The molecule has 21 heavy (non-hydrogen) atoms. The molecular formula is C12H9F3N4O2. The summed E-state index contributed by atoms with van der Waals surface area (Å²) < 4.78 is 37.8. The number of aromatic nitrogens is 1. The van der Waals surface area contributed by atoms with E-state index in [1.54, 1.807) is 6.07 Å². The second kappa shape index (κ2) is 5.05. The van der Waals surface area contributed by atoms with Crippen LogP contribution in [0.5, 0.6) is 0 Å². The molecule has 1 aliphatic rings. The first kappa shape index (κ1) is 14.8. The number of nitriles is 1. The molecule has 1 aliphatic heterocycles. The van der Waals surface area contributed by atoms with E-state index in [4.69, 9.17) is 5.26 Å². The van der Waals surface area contributed by atoms with Gasteiger partial charge in [0.2, 0.25) is 5.91 Å². The van der Waals surface area contributed by atoms with Crippen molar-refractivity contribution in [3.63, 3.8) is 0 Å². The highest BCUT2D eigenvalue weighted by atomic mass is 19.4. The molecule has 0 spiro atoms. The predicted octanol–water partition coefficient (Wildman–Crippen LogP) is 1.14. The number of likely N-dealkylation sites (tertiary alicyclic amines) is 1. The molecule has 1 aromatic heterocycles. The molecule has 6 nitrogen and oxygen atoms in total. The van der Waals surface area contributed by atoms with E-state index in [2.05, 4.69) is 10.3 Å². The molecule has 0 aliphatic carbocycles. The van der Waals surface area contributed by atoms with E-state index >= 15 is 0 Å². The summed E-state index contributed by atoms with van der Waals surface area (Å²) >= 11 is 0. The Kier molecular flexibility index (Phi) is 3.55. The highest BCUT2D eigenvalue weighted by molar-refractivity contribution is 6.06. The number of alkyl halides is 3. The molecule has 1 N–H and O–H groups in total. The summed E-state index contributed by atoms with van der Waals surface area (Å²) in [4.78, 5) is 27.3. The molecule has 0 saturated carbocycles. The molecule has 1 unspecified atom stereocenters. The van der Waals surface area contributed by atoms with Crippen molar-refractivity contribution < 1.29 is 22.8 Å². The molecule has 0 aromatic carbocycles. The number of halogens is 3. The van der Waals surface area contributed by atoms with Gasteiger partial charge in [-0.15, -0.1) is 0 Å². The maximum absolute atomic E-state index is 12.6. The highest BCUT2D eigenvalue weighted by Gasteiger charge is 2.37. The average molecular weight is 298 g/mol. The normalized spacial score (nSPS) is 18.8. The van der Waals surface area contributed by atoms with Crippen LogP contribution in [0.1, 0.15) is 17.7 Å². The van der Waals surface area contributed by atoms with Gasteiger partial charge >= 0.3 is 6.18 Å². The Balaban J connectivity index is 2.33. The van der Waals surface area contributed by atoms with Crippen LogP contribution in [0.15, 0.2) is 12.1 Å². The Morgan fingerprint density at radius 1 is 1.43 bits per heavy atom. The number of carbonyl (C=O) groups is 2. The SMILES string of the molecule is CN1C(=O)CC(Nc2nc(C(F)(F)F)ccc2C#N)C1=O.